The Morgan fingerprint density at radius 2 is 1.86 bits per heavy atom. The van der Waals surface area contributed by atoms with Crippen LogP contribution in [0.15, 0.2) is 42.5 Å². The molecule has 0 aliphatic carbocycles. The molecule has 0 unspecified atom stereocenters. The number of rotatable bonds is 5. The van der Waals surface area contributed by atoms with Gasteiger partial charge in [0.05, 0.1) is 0 Å². The minimum absolute atomic E-state index is 0.0669. The van der Waals surface area contributed by atoms with Crippen molar-refractivity contribution < 1.29 is 19.4 Å². The summed E-state index contributed by atoms with van der Waals surface area (Å²) in [5.74, 6) is 0.517. The highest BCUT2D eigenvalue weighted by molar-refractivity contribution is 5.75. The van der Waals surface area contributed by atoms with Gasteiger partial charge in [-0.3, -0.25) is 4.79 Å². The molecule has 0 spiro atoms. The van der Waals surface area contributed by atoms with E-state index in [2.05, 4.69) is 0 Å². The van der Waals surface area contributed by atoms with Gasteiger partial charge in [0, 0.05) is 6.42 Å². The third-order valence-electron chi connectivity index (χ3n) is 2.94. The summed E-state index contributed by atoms with van der Waals surface area (Å²) in [5, 5.41) is 10.1. The Labute approximate surface area is 123 Å². The minimum Gasteiger partial charge on any atom is -0.504 e. The van der Waals surface area contributed by atoms with Gasteiger partial charge in [0.25, 0.3) is 0 Å². The Kier molecular flexibility index (Phi) is 4.82. The van der Waals surface area contributed by atoms with E-state index in [1.54, 1.807) is 31.2 Å². The van der Waals surface area contributed by atoms with Crippen molar-refractivity contribution in [1.29, 1.82) is 0 Å². The average molecular weight is 286 g/mol. The maximum Gasteiger partial charge on any atom is 0.311 e. The van der Waals surface area contributed by atoms with Crippen LogP contribution in [-0.2, 0) is 4.79 Å². The molecule has 2 rings (SSSR count). The smallest absolute Gasteiger partial charge is 0.311 e. The normalized spacial score (nSPS) is 10.2. The monoisotopic (exact) mass is 286 g/mol. The molecule has 1 N–H and O–H groups in total. The summed E-state index contributed by atoms with van der Waals surface area (Å²) in [4.78, 5) is 11.7. The molecule has 0 atom stereocenters. The Morgan fingerprint density at radius 3 is 2.52 bits per heavy atom. The summed E-state index contributed by atoms with van der Waals surface area (Å²) in [6.45, 7) is 3.62. The molecule has 2 aromatic rings. The van der Waals surface area contributed by atoms with Crippen molar-refractivity contribution in [2.45, 2.75) is 26.7 Å². The summed E-state index contributed by atoms with van der Waals surface area (Å²) in [7, 11) is 0. The molecular formula is C17H18O4. The largest absolute Gasteiger partial charge is 0.504 e. The average Bonchev–Trinajstić information content (AvgIpc) is 2.48. The molecule has 0 fully saturated rings. The zero-order valence-corrected chi connectivity index (χ0v) is 12.1. The molecule has 0 saturated heterocycles. The highest BCUT2D eigenvalue weighted by Gasteiger charge is 2.17. The van der Waals surface area contributed by atoms with Gasteiger partial charge in [-0.25, -0.2) is 0 Å². The summed E-state index contributed by atoms with van der Waals surface area (Å²) in [6.07, 6.45) is 0.971. The second-order valence-electron chi connectivity index (χ2n) is 4.70. The van der Waals surface area contributed by atoms with Crippen LogP contribution in [0.5, 0.6) is 23.0 Å². The SMILES string of the molecule is CCCC(=O)Oc1c(Oc2ccccc2)ccc(C)c1O. The van der Waals surface area contributed by atoms with Crippen molar-refractivity contribution in [3.05, 3.63) is 48.0 Å². The molecule has 0 aliphatic rings. The first kappa shape index (κ1) is 14.9. The number of phenols is 1. The Hall–Kier alpha value is -2.49. The Balaban J connectivity index is 2.32. The number of aryl methyl sites for hydroxylation is 1. The summed E-state index contributed by atoms with van der Waals surface area (Å²) >= 11 is 0. The van der Waals surface area contributed by atoms with Crippen molar-refractivity contribution in [1.82, 2.24) is 0 Å². The number of carbonyl (C=O) groups is 1. The Morgan fingerprint density at radius 1 is 1.14 bits per heavy atom. The standard InChI is InChI=1S/C17H18O4/c1-3-7-15(18)21-17-14(11-10-12(2)16(17)19)20-13-8-5-4-6-9-13/h4-6,8-11,19H,3,7H2,1-2H3. The number of esters is 1. The van der Waals surface area contributed by atoms with Crippen molar-refractivity contribution in [2.24, 2.45) is 0 Å². The van der Waals surface area contributed by atoms with E-state index in [0.29, 0.717) is 23.5 Å². The van der Waals surface area contributed by atoms with Crippen LogP contribution in [0.3, 0.4) is 0 Å². The van der Waals surface area contributed by atoms with Gasteiger partial charge >= 0.3 is 5.97 Å². The predicted molar refractivity (Wildman–Crippen MR) is 79.9 cm³/mol. The number of para-hydroxylation sites is 1. The lowest BCUT2D eigenvalue weighted by atomic mass is 10.2. The van der Waals surface area contributed by atoms with Crippen LogP contribution >= 0.6 is 0 Å². The van der Waals surface area contributed by atoms with E-state index >= 15 is 0 Å². The van der Waals surface area contributed by atoms with Gasteiger partial charge in [-0.1, -0.05) is 31.2 Å². The minimum atomic E-state index is -0.392. The number of aromatic hydroxyl groups is 1. The number of carbonyl (C=O) groups excluding carboxylic acids is 1. The summed E-state index contributed by atoms with van der Waals surface area (Å²) < 4.78 is 10.9. The number of phenolic OH excluding ortho intramolecular Hbond substituents is 1. The van der Waals surface area contributed by atoms with Gasteiger partial charge in [-0.15, -0.1) is 0 Å². The van der Waals surface area contributed by atoms with Crippen LogP contribution < -0.4 is 9.47 Å². The lowest BCUT2D eigenvalue weighted by Crippen LogP contribution is -2.08. The van der Waals surface area contributed by atoms with E-state index in [4.69, 9.17) is 9.47 Å². The molecule has 4 heteroatoms. The maximum absolute atomic E-state index is 11.7. The second kappa shape index (κ2) is 6.79. The molecule has 0 heterocycles. The number of ether oxygens (including phenoxy) is 2. The predicted octanol–water partition coefficient (Wildman–Crippen LogP) is 4.20. The van der Waals surface area contributed by atoms with Gasteiger partial charge in [0.2, 0.25) is 5.75 Å². The highest BCUT2D eigenvalue weighted by atomic mass is 16.6. The van der Waals surface area contributed by atoms with Crippen molar-refractivity contribution in [3.8, 4) is 23.0 Å². The first-order valence-electron chi connectivity index (χ1n) is 6.88. The highest BCUT2D eigenvalue weighted by Crippen LogP contribution is 2.41. The van der Waals surface area contributed by atoms with Crippen LogP contribution in [0.1, 0.15) is 25.3 Å². The quantitative estimate of drug-likeness (QED) is 0.661. The van der Waals surface area contributed by atoms with E-state index in [-0.39, 0.29) is 17.9 Å². The lowest BCUT2D eigenvalue weighted by Gasteiger charge is -2.14. The van der Waals surface area contributed by atoms with Crippen LogP contribution in [0.25, 0.3) is 0 Å². The Bertz CT molecular complexity index is 620. The van der Waals surface area contributed by atoms with Gasteiger partial charge in [0.15, 0.2) is 11.5 Å². The lowest BCUT2D eigenvalue weighted by molar-refractivity contribution is -0.134. The fourth-order valence-electron chi connectivity index (χ4n) is 1.81. The molecular weight excluding hydrogens is 268 g/mol. The van der Waals surface area contributed by atoms with E-state index in [1.165, 1.54) is 0 Å². The molecule has 0 bridgehead atoms. The van der Waals surface area contributed by atoms with Crippen LogP contribution in [0.2, 0.25) is 0 Å². The van der Waals surface area contributed by atoms with Crippen molar-refractivity contribution >= 4 is 5.97 Å². The van der Waals surface area contributed by atoms with Gasteiger partial charge in [-0.05, 0) is 37.1 Å². The molecule has 0 amide bonds. The molecule has 0 aliphatic heterocycles. The molecule has 4 nitrogen and oxygen atoms in total. The molecule has 2 aromatic carbocycles. The zero-order valence-electron chi connectivity index (χ0n) is 12.1. The third kappa shape index (κ3) is 3.75. The molecule has 110 valence electrons. The first-order chi connectivity index (χ1) is 10.1. The topological polar surface area (TPSA) is 55.8 Å². The molecule has 0 aromatic heterocycles. The first-order valence-corrected chi connectivity index (χ1v) is 6.88. The molecule has 21 heavy (non-hydrogen) atoms. The number of hydrogen-bond acceptors (Lipinski definition) is 4. The van der Waals surface area contributed by atoms with Gasteiger partial charge in [-0.2, -0.15) is 0 Å². The molecule has 0 radical (unpaired) electrons. The maximum atomic E-state index is 11.7. The number of hydrogen-bond donors (Lipinski definition) is 1. The fraction of sp³-hybridized carbons (Fsp3) is 0.235. The van der Waals surface area contributed by atoms with Crippen molar-refractivity contribution in [2.75, 3.05) is 0 Å². The van der Waals surface area contributed by atoms with E-state index < -0.39 is 5.97 Å². The fourth-order valence-corrected chi connectivity index (χ4v) is 1.81. The van der Waals surface area contributed by atoms with E-state index in [9.17, 15) is 9.90 Å². The van der Waals surface area contributed by atoms with E-state index in [0.717, 1.165) is 0 Å². The zero-order chi connectivity index (χ0) is 15.2. The van der Waals surface area contributed by atoms with Crippen molar-refractivity contribution in [3.63, 3.8) is 0 Å². The van der Waals surface area contributed by atoms with Gasteiger partial charge < -0.3 is 14.6 Å². The van der Waals surface area contributed by atoms with E-state index in [1.807, 2.05) is 25.1 Å². The summed E-state index contributed by atoms with van der Waals surface area (Å²) in [6, 6.07) is 12.5. The number of benzene rings is 2. The van der Waals surface area contributed by atoms with Gasteiger partial charge in [0.1, 0.15) is 5.75 Å². The third-order valence-corrected chi connectivity index (χ3v) is 2.94. The second-order valence-corrected chi connectivity index (χ2v) is 4.70. The van der Waals surface area contributed by atoms with Crippen LogP contribution in [-0.4, -0.2) is 11.1 Å². The van der Waals surface area contributed by atoms with Crippen LogP contribution in [0.4, 0.5) is 0 Å². The molecule has 0 saturated carbocycles. The summed E-state index contributed by atoms with van der Waals surface area (Å²) in [5.41, 5.74) is 0.620. The van der Waals surface area contributed by atoms with Crippen LogP contribution in [0, 0.1) is 6.92 Å².